The maximum absolute atomic E-state index is 13.8. The van der Waals surface area contributed by atoms with Gasteiger partial charge in [0.15, 0.2) is 0 Å². The third kappa shape index (κ3) is 4.53. The number of halogens is 2. The average Bonchev–Trinajstić information content (AvgIpc) is 2.33. The van der Waals surface area contributed by atoms with Crippen LogP contribution in [0.15, 0.2) is 18.2 Å². The van der Waals surface area contributed by atoms with Gasteiger partial charge in [-0.2, -0.15) is 0 Å². The van der Waals surface area contributed by atoms with E-state index in [2.05, 4.69) is 26.1 Å². The van der Waals surface area contributed by atoms with Crippen LogP contribution in [0, 0.1) is 17.0 Å². The first-order valence-electron chi connectivity index (χ1n) is 6.99. The molecule has 20 heavy (non-hydrogen) atoms. The van der Waals surface area contributed by atoms with Gasteiger partial charge in [-0.25, -0.2) is 8.78 Å². The number of hydrogen-bond acceptors (Lipinski definition) is 2. The van der Waals surface area contributed by atoms with Crippen LogP contribution in [0.3, 0.4) is 0 Å². The summed E-state index contributed by atoms with van der Waals surface area (Å²) in [5.41, 5.74) is 0.285. The Balaban J connectivity index is 2.99. The second kappa shape index (κ2) is 7.14. The third-order valence-electron chi connectivity index (χ3n) is 3.39. The normalized spacial score (nSPS) is 15.2. The van der Waals surface area contributed by atoms with E-state index >= 15 is 0 Å². The van der Waals surface area contributed by atoms with Crippen molar-refractivity contribution in [3.05, 3.63) is 35.4 Å². The molecule has 0 aliphatic rings. The van der Waals surface area contributed by atoms with Gasteiger partial charge in [0, 0.05) is 13.2 Å². The zero-order chi connectivity index (χ0) is 15.3. The predicted molar refractivity (Wildman–Crippen MR) is 77.8 cm³/mol. The molecule has 0 fully saturated rings. The summed E-state index contributed by atoms with van der Waals surface area (Å²) in [5, 5.41) is 3.32. The summed E-state index contributed by atoms with van der Waals surface area (Å²) in [4.78, 5) is 0. The molecule has 0 radical (unpaired) electrons. The highest BCUT2D eigenvalue weighted by atomic mass is 19.1. The van der Waals surface area contributed by atoms with Crippen LogP contribution >= 0.6 is 0 Å². The number of nitrogens with one attached hydrogen (secondary N) is 1. The Bertz CT molecular complexity index is 429. The fourth-order valence-electron chi connectivity index (χ4n) is 2.61. The lowest BCUT2D eigenvalue weighted by Gasteiger charge is -2.36. The van der Waals surface area contributed by atoms with Gasteiger partial charge in [0.05, 0.1) is 6.10 Å². The fourth-order valence-corrected chi connectivity index (χ4v) is 2.61. The smallest absolute Gasteiger partial charge is 0.126 e. The van der Waals surface area contributed by atoms with Crippen molar-refractivity contribution < 1.29 is 13.5 Å². The van der Waals surface area contributed by atoms with E-state index in [1.165, 1.54) is 12.1 Å². The minimum absolute atomic E-state index is 0.0682. The molecule has 114 valence electrons. The van der Waals surface area contributed by atoms with Gasteiger partial charge in [-0.15, -0.1) is 0 Å². The van der Waals surface area contributed by atoms with Gasteiger partial charge in [0.25, 0.3) is 0 Å². The van der Waals surface area contributed by atoms with E-state index < -0.39 is 5.82 Å². The fraction of sp³-hybridized carbons (Fsp3) is 0.625. The van der Waals surface area contributed by atoms with Crippen molar-refractivity contribution in [2.75, 3.05) is 13.7 Å². The molecule has 0 saturated carbocycles. The van der Waals surface area contributed by atoms with Gasteiger partial charge in [0.1, 0.15) is 11.6 Å². The highest BCUT2D eigenvalue weighted by Gasteiger charge is 2.32. The van der Waals surface area contributed by atoms with E-state index in [-0.39, 0.29) is 23.4 Å². The number of benzene rings is 1. The van der Waals surface area contributed by atoms with Gasteiger partial charge in [0.2, 0.25) is 0 Å². The van der Waals surface area contributed by atoms with Gasteiger partial charge in [-0.3, -0.25) is 0 Å². The number of hydrogen-bond donors (Lipinski definition) is 1. The number of likely N-dealkylation sites (N-methyl/N-ethyl adjacent to an activating group) is 1. The number of ether oxygens (including phenoxy) is 1. The van der Waals surface area contributed by atoms with Crippen molar-refractivity contribution in [2.45, 2.75) is 46.3 Å². The maximum Gasteiger partial charge on any atom is 0.126 e. The van der Waals surface area contributed by atoms with E-state index in [9.17, 15) is 8.78 Å². The van der Waals surface area contributed by atoms with Crippen molar-refractivity contribution in [1.82, 2.24) is 5.32 Å². The predicted octanol–water partition coefficient (Wildman–Crippen LogP) is 3.55. The first-order chi connectivity index (χ1) is 9.29. The van der Waals surface area contributed by atoms with E-state index in [1.54, 1.807) is 7.11 Å². The Morgan fingerprint density at radius 1 is 1.25 bits per heavy atom. The van der Waals surface area contributed by atoms with Gasteiger partial charge < -0.3 is 10.1 Å². The van der Waals surface area contributed by atoms with Crippen LogP contribution in [-0.4, -0.2) is 25.8 Å². The summed E-state index contributed by atoms with van der Waals surface area (Å²) in [6, 6.07) is 3.50. The molecule has 0 spiro atoms. The first-order valence-corrected chi connectivity index (χ1v) is 6.99. The lowest BCUT2D eigenvalue weighted by molar-refractivity contribution is -0.0108. The zero-order valence-corrected chi connectivity index (χ0v) is 13.0. The zero-order valence-electron chi connectivity index (χ0n) is 13.0. The lowest BCUT2D eigenvalue weighted by atomic mass is 9.82. The lowest BCUT2D eigenvalue weighted by Crippen LogP contribution is -2.49. The summed E-state index contributed by atoms with van der Waals surface area (Å²) >= 11 is 0. The summed E-state index contributed by atoms with van der Waals surface area (Å²) in [5.74, 6) is -0.792. The molecule has 1 N–H and O–H groups in total. The average molecular weight is 285 g/mol. The molecule has 0 aliphatic heterocycles. The SMILES string of the molecule is CCNC(Cc1cc(F)ccc1F)C(OC)C(C)(C)C. The topological polar surface area (TPSA) is 21.3 Å². The van der Waals surface area contributed by atoms with Gasteiger partial charge >= 0.3 is 0 Å². The van der Waals surface area contributed by atoms with Crippen LogP contribution in [0.1, 0.15) is 33.3 Å². The summed E-state index contributed by atoms with van der Waals surface area (Å²) in [6.45, 7) is 8.97. The molecule has 0 heterocycles. The summed E-state index contributed by atoms with van der Waals surface area (Å²) in [7, 11) is 1.65. The van der Waals surface area contributed by atoms with Crippen molar-refractivity contribution in [3.8, 4) is 0 Å². The summed E-state index contributed by atoms with van der Waals surface area (Å²) < 4.78 is 32.7. The largest absolute Gasteiger partial charge is 0.379 e. The standard InChI is InChI=1S/C16H25F2NO/c1-6-19-14(15(20-5)16(2,3)4)10-11-9-12(17)7-8-13(11)18/h7-9,14-15,19H,6,10H2,1-5H3. The second-order valence-electron chi connectivity index (χ2n) is 6.13. The van der Waals surface area contributed by atoms with Crippen LogP contribution in [0.25, 0.3) is 0 Å². The Morgan fingerprint density at radius 3 is 2.40 bits per heavy atom. The minimum atomic E-state index is -0.415. The molecule has 0 aliphatic carbocycles. The van der Waals surface area contributed by atoms with Crippen molar-refractivity contribution in [1.29, 1.82) is 0 Å². The van der Waals surface area contributed by atoms with Crippen LogP contribution in [-0.2, 0) is 11.2 Å². The molecule has 0 aromatic heterocycles. The third-order valence-corrected chi connectivity index (χ3v) is 3.39. The molecule has 1 aromatic rings. The van der Waals surface area contributed by atoms with E-state index in [1.807, 2.05) is 6.92 Å². The molecule has 1 rings (SSSR count). The molecule has 2 nitrogen and oxygen atoms in total. The molecule has 0 bridgehead atoms. The highest BCUT2D eigenvalue weighted by Crippen LogP contribution is 2.26. The van der Waals surface area contributed by atoms with Crippen molar-refractivity contribution in [2.24, 2.45) is 5.41 Å². The molecular weight excluding hydrogens is 260 g/mol. The molecule has 4 heteroatoms. The van der Waals surface area contributed by atoms with Crippen molar-refractivity contribution in [3.63, 3.8) is 0 Å². The molecule has 1 aromatic carbocycles. The van der Waals surface area contributed by atoms with Crippen LogP contribution < -0.4 is 5.32 Å². The van der Waals surface area contributed by atoms with Crippen LogP contribution in [0.5, 0.6) is 0 Å². The number of rotatable bonds is 6. The Morgan fingerprint density at radius 2 is 1.90 bits per heavy atom. The maximum atomic E-state index is 13.8. The number of methoxy groups -OCH3 is 1. The van der Waals surface area contributed by atoms with Crippen LogP contribution in [0.2, 0.25) is 0 Å². The molecule has 2 unspecified atom stereocenters. The van der Waals surface area contributed by atoms with E-state index in [0.29, 0.717) is 12.0 Å². The summed E-state index contributed by atoms with van der Waals surface area (Å²) in [6.07, 6.45) is 0.304. The quantitative estimate of drug-likeness (QED) is 0.863. The van der Waals surface area contributed by atoms with Crippen molar-refractivity contribution >= 4 is 0 Å². The monoisotopic (exact) mass is 285 g/mol. The molecule has 2 atom stereocenters. The van der Waals surface area contributed by atoms with Gasteiger partial charge in [-0.1, -0.05) is 27.7 Å². The van der Waals surface area contributed by atoms with E-state index in [0.717, 1.165) is 12.6 Å². The first kappa shape index (κ1) is 17.1. The Labute approximate surface area is 120 Å². The second-order valence-corrected chi connectivity index (χ2v) is 6.13. The van der Waals surface area contributed by atoms with Gasteiger partial charge in [-0.05, 0) is 42.1 Å². The minimum Gasteiger partial charge on any atom is -0.379 e. The highest BCUT2D eigenvalue weighted by molar-refractivity contribution is 5.20. The molecule has 0 saturated heterocycles. The van der Waals surface area contributed by atoms with Crippen LogP contribution in [0.4, 0.5) is 8.78 Å². The Kier molecular flexibility index (Phi) is 6.08. The Hall–Kier alpha value is -1.00. The molecular formula is C16H25F2NO. The molecule has 0 amide bonds. The van der Waals surface area contributed by atoms with E-state index in [4.69, 9.17) is 4.74 Å².